The van der Waals surface area contributed by atoms with Crippen molar-refractivity contribution in [2.45, 2.75) is 13.5 Å². The van der Waals surface area contributed by atoms with Crippen molar-refractivity contribution in [3.8, 4) is 11.5 Å². The first-order valence-corrected chi connectivity index (χ1v) is 6.22. The Kier molecular flexibility index (Phi) is 4.24. The first-order chi connectivity index (χ1) is 9.63. The van der Waals surface area contributed by atoms with Gasteiger partial charge in [0.25, 0.3) is 0 Å². The predicted molar refractivity (Wildman–Crippen MR) is 72.1 cm³/mol. The molecule has 0 radical (unpaired) electrons. The summed E-state index contributed by atoms with van der Waals surface area (Å²) in [5, 5.41) is 13.0. The van der Waals surface area contributed by atoms with Crippen molar-refractivity contribution in [2.24, 2.45) is 7.05 Å². The SMILES string of the molecule is CCOc1ccccc1OCc1c(C(=O)O)cnn1C. The van der Waals surface area contributed by atoms with Crippen LogP contribution in [0.5, 0.6) is 11.5 Å². The molecule has 0 spiro atoms. The molecular formula is C14H16N2O4. The number of carboxylic acid groups (broad SMARTS) is 1. The summed E-state index contributed by atoms with van der Waals surface area (Å²) in [5.74, 6) is 0.190. The van der Waals surface area contributed by atoms with Crippen LogP contribution in [0.4, 0.5) is 0 Å². The van der Waals surface area contributed by atoms with E-state index < -0.39 is 5.97 Å². The molecule has 0 fully saturated rings. The zero-order valence-electron chi connectivity index (χ0n) is 11.4. The van der Waals surface area contributed by atoms with E-state index in [1.54, 1.807) is 19.2 Å². The maximum Gasteiger partial charge on any atom is 0.339 e. The van der Waals surface area contributed by atoms with E-state index in [-0.39, 0.29) is 12.2 Å². The number of nitrogens with zero attached hydrogens (tertiary/aromatic N) is 2. The van der Waals surface area contributed by atoms with Crippen LogP contribution in [0.25, 0.3) is 0 Å². The molecule has 0 unspecified atom stereocenters. The Morgan fingerprint density at radius 2 is 1.95 bits per heavy atom. The van der Waals surface area contributed by atoms with E-state index in [0.29, 0.717) is 23.8 Å². The van der Waals surface area contributed by atoms with Crippen LogP contribution in [0.15, 0.2) is 30.5 Å². The second-order valence-corrected chi connectivity index (χ2v) is 4.10. The van der Waals surface area contributed by atoms with E-state index >= 15 is 0 Å². The van der Waals surface area contributed by atoms with Gasteiger partial charge in [0.05, 0.1) is 18.5 Å². The standard InChI is InChI=1S/C14H16N2O4/c1-3-19-12-6-4-5-7-13(12)20-9-11-10(14(17)18)8-15-16(11)2/h4-8H,3,9H2,1-2H3,(H,17,18). The van der Waals surface area contributed by atoms with Crippen LogP contribution in [0.3, 0.4) is 0 Å². The average Bonchev–Trinajstić information content (AvgIpc) is 2.79. The van der Waals surface area contributed by atoms with Gasteiger partial charge in [0, 0.05) is 7.05 Å². The summed E-state index contributed by atoms with van der Waals surface area (Å²) in [5.41, 5.74) is 0.644. The van der Waals surface area contributed by atoms with Crippen LogP contribution in [0, 0.1) is 0 Å². The number of rotatable bonds is 6. The molecule has 0 saturated heterocycles. The molecule has 106 valence electrons. The largest absolute Gasteiger partial charge is 0.490 e. The summed E-state index contributed by atoms with van der Waals surface area (Å²) in [4.78, 5) is 11.1. The molecule has 0 saturated carbocycles. The van der Waals surface area contributed by atoms with Crippen LogP contribution in [-0.4, -0.2) is 27.5 Å². The summed E-state index contributed by atoms with van der Waals surface area (Å²) in [6.07, 6.45) is 1.31. The van der Waals surface area contributed by atoms with Crippen LogP contribution < -0.4 is 9.47 Å². The number of hydrogen-bond donors (Lipinski definition) is 1. The van der Waals surface area contributed by atoms with Gasteiger partial charge in [-0.3, -0.25) is 4.68 Å². The lowest BCUT2D eigenvalue weighted by Crippen LogP contribution is -2.09. The fourth-order valence-corrected chi connectivity index (χ4v) is 1.80. The minimum Gasteiger partial charge on any atom is -0.490 e. The Balaban J connectivity index is 2.17. The van der Waals surface area contributed by atoms with Gasteiger partial charge < -0.3 is 14.6 Å². The topological polar surface area (TPSA) is 73.6 Å². The number of benzene rings is 1. The summed E-state index contributed by atoms with van der Waals surface area (Å²) in [6, 6.07) is 7.27. The molecule has 0 aliphatic carbocycles. The monoisotopic (exact) mass is 276 g/mol. The van der Waals surface area contributed by atoms with Gasteiger partial charge in [-0.15, -0.1) is 0 Å². The molecule has 1 N–H and O–H groups in total. The molecule has 0 amide bonds. The smallest absolute Gasteiger partial charge is 0.339 e. The third-order valence-corrected chi connectivity index (χ3v) is 2.81. The minimum absolute atomic E-state index is 0.113. The normalized spacial score (nSPS) is 10.3. The molecule has 6 heteroatoms. The highest BCUT2D eigenvalue weighted by Gasteiger charge is 2.16. The zero-order valence-corrected chi connectivity index (χ0v) is 11.4. The number of ether oxygens (including phenoxy) is 2. The summed E-state index contributed by atoms with van der Waals surface area (Å²) in [7, 11) is 1.68. The van der Waals surface area contributed by atoms with Gasteiger partial charge in [0.1, 0.15) is 12.2 Å². The van der Waals surface area contributed by atoms with Crippen LogP contribution in [0.2, 0.25) is 0 Å². The molecule has 0 aliphatic heterocycles. The molecule has 0 aliphatic rings. The van der Waals surface area contributed by atoms with Gasteiger partial charge in [-0.05, 0) is 19.1 Å². The van der Waals surface area contributed by atoms with Crippen LogP contribution >= 0.6 is 0 Å². The van der Waals surface area contributed by atoms with Crippen molar-refractivity contribution in [2.75, 3.05) is 6.61 Å². The van der Waals surface area contributed by atoms with E-state index in [1.807, 2.05) is 19.1 Å². The molecule has 1 heterocycles. The molecule has 20 heavy (non-hydrogen) atoms. The van der Waals surface area contributed by atoms with E-state index in [4.69, 9.17) is 14.6 Å². The second-order valence-electron chi connectivity index (χ2n) is 4.10. The van der Waals surface area contributed by atoms with Crippen molar-refractivity contribution in [3.63, 3.8) is 0 Å². The highest BCUT2D eigenvalue weighted by molar-refractivity contribution is 5.88. The maximum atomic E-state index is 11.1. The molecule has 1 aromatic carbocycles. The van der Waals surface area contributed by atoms with Gasteiger partial charge in [-0.1, -0.05) is 12.1 Å². The minimum atomic E-state index is -1.02. The Hall–Kier alpha value is -2.50. The van der Waals surface area contributed by atoms with Crippen LogP contribution in [-0.2, 0) is 13.7 Å². The second kappa shape index (κ2) is 6.10. The first-order valence-electron chi connectivity index (χ1n) is 6.22. The number of aromatic carboxylic acids is 1. The molecule has 2 aromatic rings. The van der Waals surface area contributed by atoms with Gasteiger partial charge in [0.15, 0.2) is 11.5 Å². The number of carboxylic acids is 1. The molecule has 2 rings (SSSR count). The summed E-state index contributed by atoms with van der Waals surface area (Å²) in [6.45, 7) is 2.54. The number of para-hydroxylation sites is 2. The Bertz CT molecular complexity index is 607. The van der Waals surface area contributed by atoms with Crippen molar-refractivity contribution in [1.82, 2.24) is 9.78 Å². The molecule has 0 bridgehead atoms. The lowest BCUT2D eigenvalue weighted by Gasteiger charge is -2.12. The van der Waals surface area contributed by atoms with Gasteiger partial charge in [-0.25, -0.2) is 4.79 Å². The molecule has 6 nitrogen and oxygen atoms in total. The van der Waals surface area contributed by atoms with E-state index in [2.05, 4.69) is 5.10 Å². The number of hydrogen-bond acceptors (Lipinski definition) is 4. The lowest BCUT2D eigenvalue weighted by atomic mass is 10.2. The average molecular weight is 276 g/mol. The third kappa shape index (κ3) is 2.90. The molecule has 0 atom stereocenters. The molecular weight excluding hydrogens is 260 g/mol. The predicted octanol–water partition coefficient (Wildman–Crippen LogP) is 2.10. The van der Waals surface area contributed by atoms with Gasteiger partial charge in [0.2, 0.25) is 0 Å². The maximum absolute atomic E-state index is 11.1. The number of carbonyl (C=O) groups is 1. The van der Waals surface area contributed by atoms with E-state index in [9.17, 15) is 4.79 Å². The Morgan fingerprint density at radius 3 is 2.55 bits per heavy atom. The first kappa shape index (κ1) is 13.9. The Labute approximate surface area is 116 Å². The van der Waals surface area contributed by atoms with Gasteiger partial charge in [-0.2, -0.15) is 5.10 Å². The van der Waals surface area contributed by atoms with Crippen molar-refractivity contribution >= 4 is 5.97 Å². The third-order valence-electron chi connectivity index (χ3n) is 2.81. The number of aryl methyl sites for hydroxylation is 1. The Morgan fingerprint density at radius 1 is 1.30 bits per heavy atom. The fraction of sp³-hybridized carbons (Fsp3) is 0.286. The van der Waals surface area contributed by atoms with Crippen molar-refractivity contribution in [1.29, 1.82) is 0 Å². The van der Waals surface area contributed by atoms with Crippen LogP contribution in [0.1, 0.15) is 23.0 Å². The van der Waals surface area contributed by atoms with E-state index in [1.165, 1.54) is 10.9 Å². The van der Waals surface area contributed by atoms with Crippen molar-refractivity contribution < 1.29 is 19.4 Å². The highest BCUT2D eigenvalue weighted by Crippen LogP contribution is 2.27. The molecule has 1 aromatic heterocycles. The summed E-state index contributed by atoms with van der Waals surface area (Å²) < 4.78 is 12.6. The zero-order chi connectivity index (χ0) is 14.5. The summed E-state index contributed by atoms with van der Waals surface area (Å²) >= 11 is 0. The lowest BCUT2D eigenvalue weighted by molar-refractivity contribution is 0.0693. The quantitative estimate of drug-likeness (QED) is 0.874. The van der Waals surface area contributed by atoms with Gasteiger partial charge >= 0.3 is 5.97 Å². The fourth-order valence-electron chi connectivity index (χ4n) is 1.80. The highest BCUT2D eigenvalue weighted by atomic mass is 16.5. The number of aromatic nitrogens is 2. The van der Waals surface area contributed by atoms with Crippen molar-refractivity contribution in [3.05, 3.63) is 41.7 Å². The van der Waals surface area contributed by atoms with E-state index in [0.717, 1.165) is 0 Å².